The Balaban J connectivity index is 2.82. The molecule has 0 aliphatic rings. The van der Waals surface area contributed by atoms with Crippen molar-refractivity contribution in [2.45, 2.75) is 20.4 Å². The maximum Gasteiger partial charge on any atom is 0.229 e. The highest BCUT2D eigenvalue weighted by Gasteiger charge is 2.29. The van der Waals surface area contributed by atoms with Crippen molar-refractivity contribution in [2.24, 2.45) is 5.41 Å². The zero-order valence-electron chi connectivity index (χ0n) is 10.6. The van der Waals surface area contributed by atoms with E-state index in [-0.39, 0.29) is 11.8 Å². The lowest BCUT2D eigenvalue weighted by atomic mass is 9.94. The molecule has 0 aromatic heterocycles. The molecule has 0 saturated carbocycles. The molecule has 1 aromatic carbocycles. The van der Waals surface area contributed by atoms with Crippen molar-refractivity contribution in [2.75, 3.05) is 12.9 Å². The predicted molar refractivity (Wildman–Crippen MR) is 77.4 cm³/mol. The highest BCUT2D eigenvalue weighted by Crippen LogP contribution is 2.25. The average molecular weight is 309 g/mol. The van der Waals surface area contributed by atoms with Crippen LogP contribution in [0.15, 0.2) is 18.2 Å². The molecular weight excluding hydrogens is 293 g/mol. The largest absolute Gasteiger partial charge is 0.341 e. The summed E-state index contributed by atoms with van der Waals surface area (Å²) in [5.74, 6) is 0.272. The van der Waals surface area contributed by atoms with E-state index in [0.717, 1.165) is 5.56 Å². The van der Waals surface area contributed by atoms with Crippen molar-refractivity contribution >= 4 is 40.7 Å². The van der Waals surface area contributed by atoms with Crippen LogP contribution in [0, 0.1) is 5.41 Å². The lowest BCUT2D eigenvalue weighted by molar-refractivity contribution is -0.138. The molecule has 100 valence electrons. The first-order valence-electron chi connectivity index (χ1n) is 5.53. The zero-order valence-corrected chi connectivity index (χ0v) is 12.9. The Labute approximate surface area is 123 Å². The second-order valence-electron chi connectivity index (χ2n) is 4.91. The lowest BCUT2D eigenvalue weighted by Gasteiger charge is -2.27. The van der Waals surface area contributed by atoms with E-state index < -0.39 is 5.41 Å². The first-order valence-corrected chi connectivity index (χ1v) is 6.82. The molecule has 0 N–H and O–H groups in total. The van der Waals surface area contributed by atoms with Crippen molar-refractivity contribution in [1.29, 1.82) is 0 Å². The van der Waals surface area contributed by atoms with E-state index in [4.69, 9.17) is 34.8 Å². The minimum atomic E-state index is -0.574. The molecule has 5 heteroatoms. The van der Waals surface area contributed by atoms with Crippen molar-refractivity contribution in [1.82, 2.24) is 4.90 Å². The van der Waals surface area contributed by atoms with Gasteiger partial charge < -0.3 is 4.90 Å². The Morgan fingerprint density at radius 3 is 2.44 bits per heavy atom. The van der Waals surface area contributed by atoms with Crippen LogP contribution in [0.3, 0.4) is 0 Å². The normalized spacial score (nSPS) is 11.4. The van der Waals surface area contributed by atoms with Gasteiger partial charge in [-0.05, 0) is 31.5 Å². The Hall–Kier alpha value is -0.440. The number of nitrogens with zero attached hydrogens (tertiary/aromatic N) is 1. The van der Waals surface area contributed by atoms with Gasteiger partial charge in [0.05, 0.1) is 5.41 Å². The fraction of sp³-hybridized carbons (Fsp3) is 0.462. The summed E-state index contributed by atoms with van der Waals surface area (Å²) < 4.78 is 0. The van der Waals surface area contributed by atoms with E-state index >= 15 is 0 Å². The Kier molecular flexibility index (Phi) is 5.32. The van der Waals surface area contributed by atoms with Crippen LogP contribution in [-0.4, -0.2) is 23.7 Å². The molecule has 2 nitrogen and oxygen atoms in total. The van der Waals surface area contributed by atoms with E-state index in [2.05, 4.69) is 0 Å². The Morgan fingerprint density at radius 1 is 1.33 bits per heavy atom. The summed E-state index contributed by atoms with van der Waals surface area (Å²) in [6, 6.07) is 5.25. The first-order chi connectivity index (χ1) is 8.27. The SMILES string of the molecule is CN(Cc1ccc(Cl)cc1Cl)C(=O)C(C)(C)CCl. The van der Waals surface area contributed by atoms with E-state index in [1.807, 2.05) is 19.9 Å². The number of hydrogen-bond acceptors (Lipinski definition) is 1. The Bertz CT molecular complexity index is 446. The third-order valence-corrected chi connectivity index (χ3v) is 3.94. The molecule has 0 heterocycles. The van der Waals surface area contributed by atoms with E-state index in [1.54, 1.807) is 24.1 Å². The van der Waals surface area contributed by atoms with Gasteiger partial charge in [0, 0.05) is 29.5 Å². The van der Waals surface area contributed by atoms with Crippen LogP contribution in [0.25, 0.3) is 0 Å². The van der Waals surface area contributed by atoms with E-state index in [0.29, 0.717) is 16.6 Å². The molecule has 0 atom stereocenters. The molecule has 18 heavy (non-hydrogen) atoms. The van der Waals surface area contributed by atoms with Crippen molar-refractivity contribution in [3.05, 3.63) is 33.8 Å². The third-order valence-electron chi connectivity index (χ3n) is 2.68. The quantitative estimate of drug-likeness (QED) is 0.763. The van der Waals surface area contributed by atoms with Gasteiger partial charge >= 0.3 is 0 Å². The minimum absolute atomic E-state index is 0.0106. The summed E-state index contributed by atoms with van der Waals surface area (Å²) in [5.41, 5.74) is 0.289. The molecule has 0 saturated heterocycles. The van der Waals surface area contributed by atoms with Gasteiger partial charge in [0.25, 0.3) is 0 Å². The molecule has 0 aliphatic heterocycles. The monoisotopic (exact) mass is 307 g/mol. The maximum atomic E-state index is 12.2. The predicted octanol–water partition coefficient (Wildman–Crippen LogP) is 4.22. The van der Waals surface area contributed by atoms with Crippen LogP contribution < -0.4 is 0 Å². The topological polar surface area (TPSA) is 20.3 Å². The van der Waals surface area contributed by atoms with Crippen molar-refractivity contribution < 1.29 is 4.79 Å². The minimum Gasteiger partial charge on any atom is -0.341 e. The number of hydrogen-bond donors (Lipinski definition) is 0. The summed E-state index contributed by atoms with van der Waals surface area (Å²) >= 11 is 17.7. The molecule has 0 radical (unpaired) electrons. The summed E-state index contributed by atoms with van der Waals surface area (Å²) in [7, 11) is 1.74. The van der Waals surface area contributed by atoms with Crippen molar-refractivity contribution in [3.8, 4) is 0 Å². The molecule has 1 rings (SSSR count). The van der Waals surface area contributed by atoms with Gasteiger partial charge in [-0.2, -0.15) is 0 Å². The summed E-state index contributed by atoms with van der Waals surface area (Å²) in [6.07, 6.45) is 0. The van der Waals surface area contributed by atoms with Crippen LogP contribution in [0.1, 0.15) is 19.4 Å². The van der Waals surface area contributed by atoms with Crippen LogP contribution in [0.5, 0.6) is 0 Å². The average Bonchev–Trinajstić information content (AvgIpc) is 2.31. The molecular formula is C13H16Cl3NO. The second kappa shape index (κ2) is 6.14. The molecule has 0 spiro atoms. The van der Waals surface area contributed by atoms with Gasteiger partial charge in [0.2, 0.25) is 5.91 Å². The van der Waals surface area contributed by atoms with Crippen LogP contribution >= 0.6 is 34.8 Å². The third kappa shape index (κ3) is 3.78. The molecule has 0 bridgehead atoms. The number of carbonyl (C=O) groups excluding carboxylic acids is 1. The van der Waals surface area contributed by atoms with Crippen molar-refractivity contribution in [3.63, 3.8) is 0 Å². The highest BCUT2D eigenvalue weighted by molar-refractivity contribution is 6.35. The number of halogens is 3. The van der Waals surface area contributed by atoms with Crippen LogP contribution in [0.2, 0.25) is 10.0 Å². The van der Waals surface area contributed by atoms with Gasteiger partial charge in [-0.25, -0.2) is 0 Å². The first kappa shape index (κ1) is 15.6. The zero-order chi connectivity index (χ0) is 13.9. The molecule has 0 fully saturated rings. The van der Waals surface area contributed by atoms with Gasteiger partial charge in [-0.1, -0.05) is 29.3 Å². The number of rotatable bonds is 4. The summed E-state index contributed by atoms with van der Waals surface area (Å²) in [5, 5.41) is 1.14. The smallest absolute Gasteiger partial charge is 0.229 e. The molecule has 1 amide bonds. The van der Waals surface area contributed by atoms with E-state index in [1.165, 1.54) is 0 Å². The molecule has 1 aromatic rings. The van der Waals surface area contributed by atoms with E-state index in [9.17, 15) is 4.79 Å². The van der Waals surface area contributed by atoms with Gasteiger partial charge in [-0.15, -0.1) is 11.6 Å². The summed E-state index contributed by atoms with van der Waals surface area (Å²) in [4.78, 5) is 13.8. The summed E-state index contributed by atoms with van der Waals surface area (Å²) in [6.45, 7) is 4.08. The molecule has 0 aliphatic carbocycles. The van der Waals surface area contributed by atoms with Crippen LogP contribution in [-0.2, 0) is 11.3 Å². The maximum absolute atomic E-state index is 12.2. The number of benzene rings is 1. The Morgan fingerprint density at radius 2 is 1.94 bits per heavy atom. The second-order valence-corrected chi connectivity index (χ2v) is 6.03. The number of carbonyl (C=O) groups is 1. The lowest BCUT2D eigenvalue weighted by Crippen LogP contribution is -2.39. The fourth-order valence-corrected chi connectivity index (χ4v) is 2.13. The van der Waals surface area contributed by atoms with Gasteiger partial charge in [0.1, 0.15) is 0 Å². The van der Waals surface area contributed by atoms with Gasteiger partial charge in [0.15, 0.2) is 0 Å². The standard InChI is InChI=1S/C13H16Cl3NO/c1-13(2,8-14)12(18)17(3)7-9-4-5-10(15)6-11(9)16/h4-6H,7-8H2,1-3H3. The fourth-order valence-electron chi connectivity index (χ4n) is 1.55. The number of alkyl halides is 1. The van der Waals surface area contributed by atoms with Gasteiger partial charge in [-0.3, -0.25) is 4.79 Å². The van der Waals surface area contributed by atoms with Crippen LogP contribution in [0.4, 0.5) is 0 Å². The highest BCUT2D eigenvalue weighted by atomic mass is 35.5. The molecule has 0 unspecified atom stereocenters. The number of amides is 1.